The number of β-amino-alcohol motifs (C(OH)–C–C–N with tert-alkyl or cyclic N) is 1. The van der Waals surface area contributed by atoms with Gasteiger partial charge in [0.15, 0.2) is 14.9 Å². The van der Waals surface area contributed by atoms with Gasteiger partial charge in [-0.15, -0.1) is 0 Å². The molecule has 0 aliphatic carbocycles. The normalized spacial score (nSPS) is 20.6. The summed E-state index contributed by atoms with van der Waals surface area (Å²) in [5.74, 6) is 0. The minimum Gasteiger partial charge on any atom is -0.395 e. The van der Waals surface area contributed by atoms with E-state index in [1.165, 1.54) is 4.31 Å². The van der Waals surface area contributed by atoms with Crippen LogP contribution in [0, 0.1) is 0 Å². The number of hydrogen-bond donors (Lipinski definition) is 1. The van der Waals surface area contributed by atoms with Crippen molar-refractivity contribution in [2.45, 2.75) is 0 Å². The zero-order valence-electron chi connectivity index (χ0n) is 9.74. The van der Waals surface area contributed by atoms with Crippen molar-refractivity contribution in [1.82, 2.24) is 9.21 Å². The topological polar surface area (TPSA) is 95.0 Å². The molecule has 0 radical (unpaired) electrons. The first-order valence-electron chi connectivity index (χ1n) is 5.23. The molecule has 1 saturated heterocycles. The molecular weight excluding hydrogens is 268 g/mol. The summed E-state index contributed by atoms with van der Waals surface area (Å²) in [5.41, 5.74) is 0. The Bertz CT molecular complexity index is 437. The van der Waals surface area contributed by atoms with Crippen molar-refractivity contribution < 1.29 is 21.9 Å². The first kappa shape index (κ1) is 14.8. The van der Waals surface area contributed by atoms with E-state index in [4.69, 9.17) is 5.11 Å². The van der Waals surface area contributed by atoms with Gasteiger partial charge in [0.05, 0.1) is 6.61 Å². The van der Waals surface area contributed by atoms with Crippen LogP contribution in [-0.4, -0.2) is 81.8 Å². The van der Waals surface area contributed by atoms with Gasteiger partial charge in [-0.3, -0.25) is 4.90 Å². The van der Waals surface area contributed by atoms with Crippen molar-refractivity contribution in [2.24, 2.45) is 0 Å². The maximum Gasteiger partial charge on any atom is 0.228 e. The third kappa shape index (κ3) is 4.88. The van der Waals surface area contributed by atoms with Gasteiger partial charge in [0, 0.05) is 39.0 Å². The maximum atomic E-state index is 11.7. The highest BCUT2D eigenvalue weighted by molar-refractivity contribution is 8.06. The Morgan fingerprint density at radius 3 is 2.00 bits per heavy atom. The van der Waals surface area contributed by atoms with E-state index in [9.17, 15) is 16.8 Å². The second kappa shape index (κ2) is 5.61. The molecule has 0 aromatic rings. The minimum absolute atomic E-state index is 0.0378. The summed E-state index contributed by atoms with van der Waals surface area (Å²) < 4.78 is 46.7. The van der Waals surface area contributed by atoms with Gasteiger partial charge >= 0.3 is 0 Å². The Morgan fingerprint density at radius 2 is 1.59 bits per heavy atom. The lowest BCUT2D eigenvalue weighted by molar-refractivity contribution is 0.151. The molecule has 0 spiro atoms. The lowest BCUT2D eigenvalue weighted by Gasteiger charge is -2.33. The summed E-state index contributed by atoms with van der Waals surface area (Å²) in [5, 5.41) is 7.91. The standard InChI is InChI=1S/C8H18N2O5S2/c1-16(12,13)8-17(14,15)10-4-2-9(3-5-10)6-7-11/h11H,2-8H2,1H3. The van der Waals surface area contributed by atoms with E-state index in [-0.39, 0.29) is 19.7 Å². The van der Waals surface area contributed by atoms with Crippen molar-refractivity contribution in [3.05, 3.63) is 0 Å². The molecular formula is C8H18N2O5S2. The van der Waals surface area contributed by atoms with Gasteiger partial charge in [0.25, 0.3) is 0 Å². The third-order valence-corrected chi connectivity index (χ3v) is 6.56. The molecule has 0 aromatic carbocycles. The number of rotatable bonds is 5. The first-order chi connectivity index (χ1) is 7.74. The highest BCUT2D eigenvalue weighted by Gasteiger charge is 2.29. The van der Waals surface area contributed by atoms with Crippen LogP contribution in [0.1, 0.15) is 0 Å². The fourth-order valence-corrected chi connectivity index (χ4v) is 5.20. The van der Waals surface area contributed by atoms with Crippen LogP contribution in [0.2, 0.25) is 0 Å². The van der Waals surface area contributed by atoms with Crippen molar-refractivity contribution >= 4 is 19.9 Å². The molecule has 0 amide bonds. The fourth-order valence-electron chi connectivity index (χ4n) is 1.72. The van der Waals surface area contributed by atoms with Crippen LogP contribution in [0.3, 0.4) is 0 Å². The van der Waals surface area contributed by atoms with Gasteiger partial charge in [-0.05, 0) is 0 Å². The van der Waals surface area contributed by atoms with Gasteiger partial charge < -0.3 is 5.11 Å². The smallest absolute Gasteiger partial charge is 0.228 e. The largest absolute Gasteiger partial charge is 0.395 e. The zero-order chi connectivity index (χ0) is 13.1. The van der Waals surface area contributed by atoms with E-state index < -0.39 is 24.9 Å². The van der Waals surface area contributed by atoms with Crippen molar-refractivity contribution in [3.8, 4) is 0 Å². The van der Waals surface area contributed by atoms with Gasteiger partial charge in [0.2, 0.25) is 10.0 Å². The Labute approximate surface area is 102 Å². The number of piperazine rings is 1. The summed E-state index contributed by atoms with van der Waals surface area (Å²) in [6.45, 7) is 2.14. The number of aliphatic hydroxyl groups excluding tert-OH is 1. The molecule has 0 aromatic heterocycles. The number of sulfone groups is 1. The summed E-state index contributed by atoms with van der Waals surface area (Å²) in [7, 11) is -7.26. The third-order valence-electron chi connectivity index (χ3n) is 2.50. The average Bonchev–Trinajstić information content (AvgIpc) is 2.15. The van der Waals surface area contributed by atoms with Gasteiger partial charge in [-0.25, -0.2) is 16.8 Å². The number of nitrogens with zero attached hydrogens (tertiary/aromatic N) is 2. The summed E-state index contributed by atoms with van der Waals surface area (Å²) in [6, 6.07) is 0. The van der Waals surface area contributed by atoms with Crippen LogP contribution in [0.5, 0.6) is 0 Å². The first-order valence-corrected chi connectivity index (χ1v) is 8.90. The highest BCUT2D eigenvalue weighted by atomic mass is 32.3. The molecule has 0 bridgehead atoms. The van der Waals surface area contributed by atoms with Crippen LogP contribution in [-0.2, 0) is 19.9 Å². The average molecular weight is 286 g/mol. The van der Waals surface area contributed by atoms with E-state index in [1.54, 1.807) is 0 Å². The van der Waals surface area contributed by atoms with Gasteiger partial charge in [0.1, 0.15) is 0 Å². The molecule has 7 nitrogen and oxygen atoms in total. The lowest BCUT2D eigenvalue weighted by Crippen LogP contribution is -2.50. The molecule has 1 heterocycles. The van der Waals surface area contributed by atoms with Crippen LogP contribution in [0.15, 0.2) is 0 Å². The fraction of sp³-hybridized carbons (Fsp3) is 1.00. The van der Waals surface area contributed by atoms with Gasteiger partial charge in [-0.2, -0.15) is 4.31 Å². The lowest BCUT2D eigenvalue weighted by atomic mass is 10.4. The summed E-state index contributed by atoms with van der Waals surface area (Å²) in [4.78, 5) is 1.94. The Balaban J connectivity index is 2.59. The number of hydrogen-bond acceptors (Lipinski definition) is 6. The Kier molecular flexibility index (Phi) is 4.90. The number of aliphatic hydroxyl groups is 1. The van der Waals surface area contributed by atoms with E-state index >= 15 is 0 Å². The maximum absolute atomic E-state index is 11.7. The molecule has 102 valence electrons. The van der Waals surface area contributed by atoms with Gasteiger partial charge in [-0.1, -0.05) is 0 Å². The van der Waals surface area contributed by atoms with E-state index in [1.807, 2.05) is 4.90 Å². The van der Waals surface area contributed by atoms with E-state index in [0.29, 0.717) is 19.6 Å². The molecule has 0 atom stereocenters. The highest BCUT2D eigenvalue weighted by Crippen LogP contribution is 2.09. The predicted octanol–water partition coefficient (Wildman–Crippen LogP) is -2.07. The molecule has 1 rings (SSSR count). The van der Waals surface area contributed by atoms with Crippen LogP contribution < -0.4 is 0 Å². The second-order valence-electron chi connectivity index (χ2n) is 4.12. The molecule has 1 aliphatic rings. The summed E-state index contributed by atoms with van der Waals surface area (Å²) >= 11 is 0. The quantitative estimate of drug-likeness (QED) is 0.624. The van der Waals surface area contributed by atoms with E-state index in [2.05, 4.69) is 0 Å². The van der Waals surface area contributed by atoms with Crippen molar-refractivity contribution in [2.75, 3.05) is 50.7 Å². The Hall–Kier alpha value is -0.220. The SMILES string of the molecule is CS(=O)(=O)CS(=O)(=O)N1CCN(CCO)CC1. The predicted molar refractivity (Wildman–Crippen MR) is 63.7 cm³/mol. The molecule has 1 fully saturated rings. The second-order valence-corrected chi connectivity index (χ2v) is 8.59. The molecule has 1 N–H and O–H groups in total. The van der Waals surface area contributed by atoms with Crippen LogP contribution in [0.25, 0.3) is 0 Å². The molecule has 0 saturated carbocycles. The van der Waals surface area contributed by atoms with Crippen molar-refractivity contribution in [3.63, 3.8) is 0 Å². The molecule has 0 unspecified atom stereocenters. The minimum atomic E-state index is -3.72. The van der Waals surface area contributed by atoms with E-state index in [0.717, 1.165) is 6.26 Å². The molecule has 17 heavy (non-hydrogen) atoms. The molecule has 1 aliphatic heterocycles. The molecule has 9 heteroatoms. The monoisotopic (exact) mass is 286 g/mol. The van der Waals surface area contributed by atoms with Crippen LogP contribution in [0.4, 0.5) is 0 Å². The van der Waals surface area contributed by atoms with Crippen LogP contribution >= 0.6 is 0 Å². The summed E-state index contributed by atoms with van der Waals surface area (Å²) in [6.07, 6.45) is 0.909. The Morgan fingerprint density at radius 1 is 1.06 bits per heavy atom. The number of sulfonamides is 1. The van der Waals surface area contributed by atoms with Crippen molar-refractivity contribution in [1.29, 1.82) is 0 Å². The zero-order valence-corrected chi connectivity index (χ0v) is 11.4.